The number of hydrogen-bond acceptors (Lipinski definition) is 6. The van der Waals surface area contributed by atoms with E-state index < -0.39 is 13.0 Å². The van der Waals surface area contributed by atoms with Gasteiger partial charge < -0.3 is 5.32 Å². The minimum Gasteiger partial charge on any atom is -0.324 e. The van der Waals surface area contributed by atoms with Crippen molar-refractivity contribution in [2.75, 3.05) is 12.4 Å². The first kappa shape index (κ1) is 21.5. The molecule has 1 aliphatic carbocycles. The molecule has 0 fully saturated rings. The van der Waals surface area contributed by atoms with E-state index in [1.165, 1.54) is 17.1 Å². The molecule has 1 N–H and O–H groups in total. The van der Waals surface area contributed by atoms with Gasteiger partial charge in [0.1, 0.15) is 12.2 Å². The van der Waals surface area contributed by atoms with Crippen molar-refractivity contribution < 1.29 is 8.78 Å². The smallest absolute Gasteiger partial charge is 0.257 e. The van der Waals surface area contributed by atoms with Crippen molar-refractivity contribution in [3.05, 3.63) is 59.4 Å². The maximum absolute atomic E-state index is 12.7. The number of alkyl halides is 2. The van der Waals surface area contributed by atoms with Gasteiger partial charge in [-0.25, -0.2) is 18.4 Å². The molecule has 1 aliphatic rings. The minimum atomic E-state index is -2.48. The van der Waals surface area contributed by atoms with Gasteiger partial charge in [-0.2, -0.15) is 15.2 Å². The third kappa shape index (κ3) is 4.20. The van der Waals surface area contributed by atoms with Crippen molar-refractivity contribution in [3.8, 4) is 5.69 Å². The van der Waals surface area contributed by atoms with Gasteiger partial charge in [0.15, 0.2) is 5.65 Å². The average Bonchev–Trinajstić information content (AvgIpc) is 3.34. The number of fused-ring (bicyclic) bond motifs is 1. The highest BCUT2D eigenvalue weighted by Gasteiger charge is 2.17. The molecule has 0 spiro atoms. The SMILES string of the molecule is CC/C=C1/C=C(Nc2ncc3c(C)nn(-c4cnn(CC(F)F)c4)c3n2)C(C)=CC1=NC. The van der Waals surface area contributed by atoms with Crippen LogP contribution in [0.15, 0.2) is 58.7 Å². The summed E-state index contributed by atoms with van der Waals surface area (Å²) < 4.78 is 28.2. The second-order valence-electron chi connectivity index (χ2n) is 7.43. The Morgan fingerprint density at radius 1 is 1.22 bits per heavy atom. The van der Waals surface area contributed by atoms with Crippen LogP contribution in [0, 0.1) is 6.92 Å². The zero-order valence-corrected chi connectivity index (χ0v) is 18.3. The van der Waals surface area contributed by atoms with Gasteiger partial charge in [-0.15, -0.1) is 0 Å². The second kappa shape index (κ2) is 8.81. The lowest BCUT2D eigenvalue weighted by Crippen LogP contribution is -2.13. The van der Waals surface area contributed by atoms with Crippen molar-refractivity contribution in [1.29, 1.82) is 0 Å². The van der Waals surface area contributed by atoms with Crippen LogP contribution in [0.5, 0.6) is 0 Å². The number of aliphatic imine (C=N–C) groups is 1. The summed E-state index contributed by atoms with van der Waals surface area (Å²) in [5.74, 6) is 0.408. The Bertz CT molecular complexity index is 1280. The first-order valence-electron chi connectivity index (χ1n) is 10.3. The van der Waals surface area contributed by atoms with Crippen molar-refractivity contribution in [1.82, 2.24) is 29.5 Å². The van der Waals surface area contributed by atoms with Gasteiger partial charge in [0.05, 0.1) is 29.2 Å². The number of anilines is 1. The quantitative estimate of drug-likeness (QED) is 0.622. The number of rotatable bonds is 6. The van der Waals surface area contributed by atoms with Gasteiger partial charge in [0, 0.05) is 18.9 Å². The number of nitrogens with one attached hydrogen (secondary N) is 1. The average molecular weight is 438 g/mol. The maximum Gasteiger partial charge on any atom is 0.257 e. The molecule has 0 saturated carbocycles. The number of aryl methyl sites for hydroxylation is 1. The van der Waals surface area contributed by atoms with Crippen LogP contribution in [-0.2, 0) is 6.54 Å². The fourth-order valence-electron chi connectivity index (χ4n) is 3.53. The van der Waals surface area contributed by atoms with Crippen molar-refractivity contribution in [2.45, 2.75) is 40.2 Å². The monoisotopic (exact) mass is 438 g/mol. The molecule has 0 saturated heterocycles. The van der Waals surface area contributed by atoms with Crippen LogP contribution < -0.4 is 5.32 Å². The molecule has 166 valence electrons. The van der Waals surface area contributed by atoms with Gasteiger partial charge in [-0.1, -0.05) is 13.0 Å². The molecule has 10 heteroatoms. The number of hydrogen-bond donors (Lipinski definition) is 1. The normalized spacial score (nSPS) is 16.8. The Morgan fingerprint density at radius 2 is 2.03 bits per heavy atom. The number of aromatic nitrogens is 6. The van der Waals surface area contributed by atoms with Gasteiger partial charge in [-0.05, 0) is 43.6 Å². The first-order valence-corrected chi connectivity index (χ1v) is 10.3. The van der Waals surface area contributed by atoms with E-state index in [4.69, 9.17) is 0 Å². The molecular weight excluding hydrogens is 414 g/mol. The molecule has 0 radical (unpaired) electrons. The van der Waals surface area contributed by atoms with Gasteiger partial charge in [0.25, 0.3) is 6.43 Å². The van der Waals surface area contributed by atoms with Crippen LogP contribution in [0.3, 0.4) is 0 Å². The van der Waals surface area contributed by atoms with Crippen molar-refractivity contribution >= 4 is 22.7 Å². The predicted molar refractivity (Wildman–Crippen MR) is 120 cm³/mol. The van der Waals surface area contributed by atoms with Crippen molar-refractivity contribution in [3.63, 3.8) is 0 Å². The van der Waals surface area contributed by atoms with E-state index in [0.717, 1.165) is 40.1 Å². The molecule has 32 heavy (non-hydrogen) atoms. The summed E-state index contributed by atoms with van der Waals surface area (Å²) >= 11 is 0. The van der Waals surface area contributed by atoms with Crippen molar-refractivity contribution in [2.24, 2.45) is 4.99 Å². The Kier molecular flexibility index (Phi) is 5.93. The summed E-state index contributed by atoms with van der Waals surface area (Å²) in [6, 6.07) is 0. The lowest BCUT2D eigenvalue weighted by atomic mass is 9.97. The fourth-order valence-corrected chi connectivity index (χ4v) is 3.53. The summed E-state index contributed by atoms with van der Waals surface area (Å²) in [4.78, 5) is 13.5. The van der Waals surface area contributed by atoms with Gasteiger partial charge in [-0.3, -0.25) is 9.67 Å². The molecule has 8 nitrogen and oxygen atoms in total. The molecule has 4 rings (SSSR count). The second-order valence-corrected chi connectivity index (χ2v) is 7.43. The van der Waals surface area contributed by atoms with E-state index in [0.29, 0.717) is 17.3 Å². The van der Waals surface area contributed by atoms with Crippen LogP contribution >= 0.6 is 0 Å². The molecule has 3 heterocycles. The van der Waals surface area contributed by atoms with E-state index >= 15 is 0 Å². The molecule has 0 unspecified atom stereocenters. The third-order valence-electron chi connectivity index (χ3n) is 5.08. The summed E-state index contributed by atoms with van der Waals surface area (Å²) in [5.41, 5.74) is 5.72. The molecule has 3 aromatic heterocycles. The Morgan fingerprint density at radius 3 is 2.75 bits per heavy atom. The summed E-state index contributed by atoms with van der Waals surface area (Å²) in [6.45, 7) is 5.45. The molecule has 0 atom stereocenters. The molecule has 0 amide bonds. The number of allylic oxidation sites excluding steroid dienone is 5. The highest BCUT2D eigenvalue weighted by Crippen LogP contribution is 2.24. The van der Waals surface area contributed by atoms with E-state index in [9.17, 15) is 8.78 Å². The largest absolute Gasteiger partial charge is 0.324 e. The van der Waals surface area contributed by atoms with Crippen LogP contribution in [-0.4, -0.2) is 48.7 Å². The Hall–Kier alpha value is -3.69. The van der Waals surface area contributed by atoms with Gasteiger partial charge in [0.2, 0.25) is 5.95 Å². The van der Waals surface area contributed by atoms with E-state index in [-0.39, 0.29) is 0 Å². The van der Waals surface area contributed by atoms with Crippen LogP contribution in [0.25, 0.3) is 16.7 Å². The molecule has 0 bridgehead atoms. The lowest BCUT2D eigenvalue weighted by molar-refractivity contribution is 0.122. The summed E-state index contributed by atoms with van der Waals surface area (Å²) in [6.07, 6.45) is 9.31. The topological polar surface area (TPSA) is 85.8 Å². The molecule has 0 aromatic carbocycles. The third-order valence-corrected chi connectivity index (χ3v) is 5.08. The Balaban J connectivity index is 1.70. The van der Waals surface area contributed by atoms with E-state index in [1.807, 2.05) is 26.0 Å². The zero-order valence-electron chi connectivity index (χ0n) is 18.3. The van der Waals surface area contributed by atoms with Crippen LogP contribution in [0.1, 0.15) is 26.0 Å². The fraction of sp³-hybridized carbons (Fsp3) is 0.318. The maximum atomic E-state index is 12.7. The predicted octanol–water partition coefficient (Wildman–Crippen LogP) is 4.25. The number of nitrogens with zero attached hydrogens (tertiary/aromatic N) is 7. The highest BCUT2D eigenvalue weighted by molar-refractivity contribution is 6.12. The zero-order chi connectivity index (χ0) is 22.8. The standard InChI is InChI=1S/C22H24F2N8/c1-5-6-15-8-18(13(2)7-19(15)25-4)28-22-26-10-17-14(3)30-32(21(17)29-22)16-9-27-31(11-16)12-20(23)24/h6-11,20H,5,12H2,1-4H3,(H,26,28,29)/b15-6-,25-19?. The Labute approximate surface area is 184 Å². The molecular formula is C22H24F2N8. The minimum absolute atomic E-state index is 0.408. The van der Waals surface area contributed by atoms with E-state index in [2.05, 4.69) is 43.5 Å². The lowest BCUT2D eigenvalue weighted by Gasteiger charge is -2.17. The molecule has 0 aliphatic heterocycles. The van der Waals surface area contributed by atoms with Crippen LogP contribution in [0.4, 0.5) is 14.7 Å². The molecule has 3 aromatic rings. The first-order chi connectivity index (χ1) is 15.4. The van der Waals surface area contributed by atoms with E-state index in [1.54, 1.807) is 17.9 Å². The highest BCUT2D eigenvalue weighted by atomic mass is 19.3. The van der Waals surface area contributed by atoms with Gasteiger partial charge >= 0.3 is 0 Å². The number of halogens is 2. The summed E-state index contributed by atoms with van der Waals surface area (Å²) in [5, 5.41) is 12.6. The van der Waals surface area contributed by atoms with Crippen LogP contribution in [0.2, 0.25) is 0 Å². The summed E-state index contributed by atoms with van der Waals surface area (Å²) in [7, 11) is 1.78.